The van der Waals surface area contributed by atoms with Crippen molar-refractivity contribution in [3.8, 4) is 0 Å². The van der Waals surface area contributed by atoms with Crippen molar-refractivity contribution < 1.29 is 14.5 Å². The highest BCUT2D eigenvalue weighted by molar-refractivity contribution is 5.69. The van der Waals surface area contributed by atoms with Gasteiger partial charge >= 0.3 is 11.8 Å². The molecule has 0 fully saturated rings. The highest BCUT2D eigenvalue weighted by atomic mass is 16.6. The van der Waals surface area contributed by atoms with Gasteiger partial charge in [-0.3, -0.25) is 9.36 Å². The Kier molecular flexibility index (Phi) is 3.87. The molecule has 0 aliphatic heterocycles. The minimum Gasteiger partial charge on any atom is -0.459 e. The number of esters is 1. The van der Waals surface area contributed by atoms with E-state index < -0.39 is 10.9 Å². The maximum atomic E-state index is 11.5. The monoisotopic (exact) mass is 261 g/mol. The molecule has 2 rings (SSSR count). The predicted octanol–water partition coefficient (Wildman–Crippen LogP) is 1.53. The zero-order valence-electron chi connectivity index (χ0n) is 9.93. The Morgan fingerprint density at radius 3 is 2.74 bits per heavy atom. The first-order valence-corrected chi connectivity index (χ1v) is 5.51. The number of hydrogen-bond acceptors (Lipinski definition) is 5. The molecule has 0 aliphatic carbocycles. The van der Waals surface area contributed by atoms with Crippen LogP contribution in [0.3, 0.4) is 0 Å². The van der Waals surface area contributed by atoms with Crippen molar-refractivity contribution >= 4 is 11.8 Å². The second kappa shape index (κ2) is 5.76. The van der Waals surface area contributed by atoms with Crippen molar-refractivity contribution in [3.05, 3.63) is 58.5 Å². The molecule has 1 aromatic carbocycles. The molecule has 2 aromatic rings. The lowest BCUT2D eigenvalue weighted by molar-refractivity contribution is -0.389. The van der Waals surface area contributed by atoms with Crippen LogP contribution in [0, 0.1) is 10.1 Å². The molecule has 7 heteroatoms. The first kappa shape index (κ1) is 12.7. The summed E-state index contributed by atoms with van der Waals surface area (Å²) in [6, 6.07) is 9.26. The van der Waals surface area contributed by atoms with Crippen LogP contribution in [0.4, 0.5) is 5.82 Å². The van der Waals surface area contributed by atoms with E-state index in [1.807, 2.05) is 30.3 Å². The number of carbonyl (C=O) groups excluding carboxylic acids is 1. The quantitative estimate of drug-likeness (QED) is 0.462. The van der Waals surface area contributed by atoms with Gasteiger partial charge in [0.2, 0.25) is 6.33 Å². The second-order valence-corrected chi connectivity index (χ2v) is 3.81. The lowest BCUT2D eigenvalue weighted by Gasteiger charge is -2.04. The molecule has 1 aromatic heterocycles. The molecule has 0 atom stereocenters. The molecule has 0 saturated carbocycles. The van der Waals surface area contributed by atoms with Crippen LogP contribution in [-0.4, -0.2) is 20.4 Å². The molecule has 0 amide bonds. The minimum absolute atomic E-state index is 0.103. The van der Waals surface area contributed by atoms with Crippen LogP contribution in [0.15, 0.2) is 42.9 Å². The third kappa shape index (κ3) is 3.63. The van der Waals surface area contributed by atoms with Crippen LogP contribution < -0.4 is 0 Å². The topological polar surface area (TPSA) is 87.3 Å². The van der Waals surface area contributed by atoms with Gasteiger partial charge in [-0.25, -0.2) is 0 Å². The molecule has 19 heavy (non-hydrogen) atoms. The summed E-state index contributed by atoms with van der Waals surface area (Å²) >= 11 is 0. The molecule has 0 unspecified atom stereocenters. The number of nitro groups is 1. The number of carbonyl (C=O) groups is 1. The van der Waals surface area contributed by atoms with E-state index >= 15 is 0 Å². The smallest absolute Gasteiger partial charge is 0.381 e. The van der Waals surface area contributed by atoms with Gasteiger partial charge in [0, 0.05) is 0 Å². The summed E-state index contributed by atoms with van der Waals surface area (Å²) in [7, 11) is 0. The lowest BCUT2D eigenvalue weighted by Crippen LogP contribution is -2.12. The fourth-order valence-electron chi connectivity index (χ4n) is 1.46. The van der Waals surface area contributed by atoms with E-state index in [0.29, 0.717) is 0 Å². The van der Waals surface area contributed by atoms with Gasteiger partial charge in [-0.15, -0.1) is 0 Å². The lowest BCUT2D eigenvalue weighted by atomic mass is 10.2. The fourth-order valence-corrected chi connectivity index (χ4v) is 1.46. The van der Waals surface area contributed by atoms with Gasteiger partial charge in [-0.1, -0.05) is 30.3 Å². The van der Waals surface area contributed by atoms with E-state index in [0.717, 1.165) is 5.56 Å². The Hall–Kier alpha value is -2.70. The van der Waals surface area contributed by atoms with Crippen LogP contribution in [0.5, 0.6) is 0 Å². The summed E-state index contributed by atoms with van der Waals surface area (Å²) < 4.78 is 6.36. The maximum Gasteiger partial charge on any atom is 0.381 e. The summed E-state index contributed by atoms with van der Waals surface area (Å²) in [6.07, 6.45) is 2.41. The number of ether oxygens (including phenoxy) is 1. The van der Waals surface area contributed by atoms with Gasteiger partial charge in [0.1, 0.15) is 19.3 Å². The third-order valence-electron chi connectivity index (χ3n) is 2.36. The van der Waals surface area contributed by atoms with Crippen molar-refractivity contribution in [2.75, 3.05) is 0 Å². The number of imidazole rings is 1. The molecule has 0 bridgehead atoms. The Bertz CT molecular complexity index is 580. The largest absolute Gasteiger partial charge is 0.459 e. The minimum atomic E-state index is -0.619. The van der Waals surface area contributed by atoms with Gasteiger partial charge in [0.05, 0.1) is 0 Å². The van der Waals surface area contributed by atoms with E-state index in [1.54, 1.807) is 0 Å². The van der Waals surface area contributed by atoms with E-state index in [1.165, 1.54) is 17.1 Å². The molecular formula is C12H11N3O4. The summed E-state index contributed by atoms with van der Waals surface area (Å²) in [5.74, 6) is -0.771. The normalized spacial score (nSPS) is 10.1. The second-order valence-electron chi connectivity index (χ2n) is 3.81. The summed E-state index contributed by atoms with van der Waals surface area (Å²) in [5, 5.41) is 10.4. The molecule has 7 nitrogen and oxygen atoms in total. The van der Waals surface area contributed by atoms with Gasteiger partial charge in [-0.05, 0) is 15.5 Å². The SMILES string of the molecule is O=C(Cn1cnc([N+](=O)[O-])c1)OCc1ccccc1. The van der Waals surface area contributed by atoms with Gasteiger partial charge in [0.25, 0.3) is 0 Å². The maximum absolute atomic E-state index is 11.5. The molecule has 0 N–H and O–H groups in total. The first-order chi connectivity index (χ1) is 9.15. The molecule has 0 saturated heterocycles. The van der Waals surface area contributed by atoms with Crippen molar-refractivity contribution in [1.82, 2.24) is 9.55 Å². The van der Waals surface area contributed by atoms with E-state index in [-0.39, 0.29) is 19.0 Å². The number of nitrogens with zero attached hydrogens (tertiary/aromatic N) is 3. The van der Waals surface area contributed by atoms with Crippen molar-refractivity contribution in [2.45, 2.75) is 13.2 Å². The Morgan fingerprint density at radius 2 is 2.11 bits per heavy atom. The molecule has 1 heterocycles. The van der Waals surface area contributed by atoms with Crippen LogP contribution in [0.25, 0.3) is 0 Å². The van der Waals surface area contributed by atoms with Crippen molar-refractivity contribution in [1.29, 1.82) is 0 Å². The third-order valence-corrected chi connectivity index (χ3v) is 2.36. The van der Waals surface area contributed by atoms with E-state index in [9.17, 15) is 14.9 Å². The highest BCUT2D eigenvalue weighted by Gasteiger charge is 2.12. The average molecular weight is 261 g/mol. The molecule has 0 radical (unpaired) electrons. The highest BCUT2D eigenvalue weighted by Crippen LogP contribution is 2.06. The van der Waals surface area contributed by atoms with Crippen LogP contribution in [0.2, 0.25) is 0 Å². The van der Waals surface area contributed by atoms with Crippen LogP contribution in [0.1, 0.15) is 5.56 Å². The predicted molar refractivity (Wildman–Crippen MR) is 65.1 cm³/mol. The summed E-state index contributed by atoms with van der Waals surface area (Å²) in [4.78, 5) is 24.9. The number of rotatable bonds is 5. The Morgan fingerprint density at radius 1 is 1.37 bits per heavy atom. The average Bonchev–Trinajstić information content (AvgIpc) is 2.86. The number of aromatic nitrogens is 2. The van der Waals surface area contributed by atoms with E-state index in [2.05, 4.69) is 4.98 Å². The van der Waals surface area contributed by atoms with Gasteiger partial charge < -0.3 is 14.9 Å². The van der Waals surface area contributed by atoms with Crippen molar-refractivity contribution in [3.63, 3.8) is 0 Å². The molecule has 0 spiro atoms. The number of hydrogen-bond donors (Lipinski definition) is 0. The van der Waals surface area contributed by atoms with Gasteiger partial charge in [0.15, 0.2) is 0 Å². The summed E-state index contributed by atoms with van der Waals surface area (Å²) in [5.41, 5.74) is 0.882. The van der Waals surface area contributed by atoms with E-state index in [4.69, 9.17) is 4.74 Å². The molecular weight excluding hydrogens is 250 g/mol. The fraction of sp³-hybridized carbons (Fsp3) is 0.167. The summed E-state index contributed by atoms with van der Waals surface area (Å²) in [6.45, 7) is 0.0735. The van der Waals surface area contributed by atoms with Crippen molar-refractivity contribution in [2.24, 2.45) is 0 Å². The Labute approximate surface area is 108 Å². The van der Waals surface area contributed by atoms with Crippen LogP contribution in [-0.2, 0) is 22.7 Å². The van der Waals surface area contributed by atoms with Gasteiger partial charge in [-0.2, -0.15) is 0 Å². The zero-order valence-corrected chi connectivity index (χ0v) is 9.93. The standard InChI is InChI=1S/C12H11N3O4/c16-12(19-8-10-4-2-1-3-5-10)7-14-6-11(13-9-14)15(17)18/h1-6,9H,7-8H2. The number of benzene rings is 1. The zero-order chi connectivity index (χ0) is 13.7. The molecule has 0 aliphatic rings. The first-order valence-electron chi connectivity index (χ1n) is 5.51. The van der Waals surface area contributed by atoms with Crippen LogP contribution >= 0.6 is 0 Å². The Balaban J connectivity index is 1.85. The molecule has 98 valence electrons.